The van der Waals surface area contributed by atoms with Crippen molar-refractivity contribution in [1.82, 2.24) is 9.55 Å². The Bertz CT molecular complexity index is 1430. The van der Waals surface area contributed by atoms with Crippen molar-refractivity contribution in [2.75, 3.05) is 25.6 Å². The van der Waals surface area contributed by atoms with Crippen molar-refractivity contribution in [3.8, 4) is 11.8 Å². The lowest BCUT2D eigenvalue weighted by molar-refractivity contribution is 0.302. The molecule has 7 heteroatoms. The third kappa shape index (κ3) is 5.25. The fraction of sp³-hybridized carbons (Fsp3) is 0.192. The van der Waals surface area contributed by atoms with Crippen LogP contribution in [0.5, 0.6) is 0 Å². The number of imidazole rings is 1. The fourth-order valence-electron chi connectivity index (χ4n) is 3.38. The molecular formula is C26H25N3O3S. The lowest BCUT2D eigenvalue weighted by atomic mass is 10.2. The van der Waals surface area contributed by atoms with Gasteiger partial charge in [-0.3, -0.25) is 4.18 Å². The van der Waals surface area contributed by atoms with Gasteiger partial charge in [-0.25, -0.2) is 4.98 Å². The predicted molar refractivity (Wildman–Crippen MR) is 131 cm³/mol. The molecule has 33 heavy (non-hydrogen) atoms. The first-order valence-corrected chi connectivity index (χ1v) is 11.9. The molecule has 0 bridgehead atoms. The molecule has 0 fully saturated rings. The Hall–Kier alpha value is -3.60. The summed E-state index contributed by atoms with van der Waals surface area (Å²) in [4.78, 5) is 6.80. The first-order valence-electron chi connectivity index (χ1n) is 10.5. The smallest absolute Gasteiger partial charge is 0.297 e. The number of aryl methyl sites for hydroxylation is 1. The van der Waals surface area contributed by atoms with Crippen LogP contribution in [0.1, 0.15) is 17.0 Å². The summed E-state index contributed by atoms with van der Waals surface area (Å²) in [6.45, 7) is 2.18. The molecule has 0 aliphatic rings. The monoisotopic (exact) mass is 459 g/mol. The van der Waals surface area contributed by atoms with Gasteiger partial charge in [0.25, 0.3) is 10.1 Å². The summed E-state index contributed by atoms with van der Waals surface area (Å²) in [6.07, 6.45) is 0. The Morgan fingerprint density at radius 1 is 0.939 bits per heavy atom. The second-order valence-corrected chi connectivity index (χ2v) is 9.47. The van der Waals surface area contributed by atoms with Crippen molar-refractivity contribution in [3.63, 3.8) is 0 Å². The maximum absolute atomic E-state index is 12.5. The number of hydrogen-bond donors (Lipinski definition) is 0. The quantitative estimate of drug-likeness (QED) is 0.319. The third-order valence-corrected chi connectivity index (χ3v) is 6.55. The number of hydrogen-bond acceptors (Lipinski definition) is 5. The molecule has 1 heterocycles. The molecule has 3 aromatic carbocycles. The summed E-state index contributed by atoms with van der Waals surface area (Å²) in [5.41, 5.74) is 4.63. The van der Waals surface area contributed by atoms with E-state index in [1.54, 1.807) is 24.3 Å². The summed E-state index contributed by atoms with van der Waals surface area (Å²) < 4.78 is 32.2. The van der Waals surface area contributed by atoms with Crippen molar-refractivity contribution >= 4 is 26.8 Å². The maximum Gasteiger partial charge on any atom is 0.297 e. The average molecular weight is 460 g/mol. The van der Waals surface area contributed by atoms with Crippen LogP contribution < -0.4 is 4.90 Å². The van der Waals surface area contributed by atoms with Crippen molar-refractivity contribution in [2.45, 2.75) is 18.4 Å². The summed E-state index contributed by atoms with van der Waals surface area (Å²) in [5.74, 6) is 6.85. The van der Waals surface area contributed by atoms with Crippen LogP contribution in [0.2, 0.25) is 0 Å². The molecule has 0 aliphatic carbocycles. The predicted octanol–water partition coefficient (Wildman–Crippen LogP) is 4.22. The molecule has 0 spiro atoms. The second kappa shape index (κ2) is 9.49. The largest absolute Gasteiger partial charge is 0.378 e. The highest BCUT2D eigenvalue weighted by Crippen LogP contribution is 2.18. The van der Waals surface area contributed by atoms with E-state index in [1.165, 1.54) is 0 Å². The Morgan fingerprint density at radius 2 is 1.64 bits per heavy atom. The molecule has 4 aromatic rings. The first-order chi connectivity index (χ1) is 15.8. The van der Waals surface area contributed by atoms with Gasteiger partial charge < -0.3 is 9.47 Å². The van der Waals surface area contributed by atoms with Crippen LogP contribution in [0, 0.1) is 18.8 Å². The Kier molecular flexibility index (Phi) is 6.50. The van der Waals surface area contributed by atoms with E-state index in [1.807, 2.05) is 79.0 Å². The number of aromatic nitrogens is 2. The van der Waals surface area contributed by atoms with Gasteiger partial charge >= 0.3 is 0 Å². The van der Waals surface area contributed by atoms with Gasteiger partial charge in [-0.15, -0.1) is 0 Å². The number of para-hydroxylation sites is 2. The SMILES string of the molecule is Cc1ccc(S(=O)(=O)OCCn2c(C#Cc3ccc(N(C)C)cc3)nc3ccccc32)cc1. The molecule has 0 amide bonds. The zero-order valence-electron chi connectivity index (χ0n) is 18.8. The van der Waals surface area contributed by atoms with E-state index >= 15 is 0 Å². The lowest BCUT2D eigenvalue weighted by Gasteiger charge is -2.11. The fourth-order valence-corrected chi connectivity index (χ4v) is 4.28. The van der Waals surface area contributed by atoms with E-state index in [-0.39, 0.29) is 11.5 Å². The van der Waals surface area contributed by atoms with Crippen LogP contribution in [0.25, 0.3) is 11.0 Å². The van der Waals surface area contributed by atoms with E-state index in [2.05, 4.69) is 16.8 Å². The normalized spacial score (nSPS) is 11.2. The van der Waals surface area contributed by atoms with Crippen LogP contribution >= 0.6 is 0 Å². The number of benzene rings is 3. The molecule has 6 nitrogen and oxygen atoms in total. The Labute approximate surface area is 194 Å². The standard InChI is InChI=1S/C26H25N3O3S/c1-20-8-15-23(16-9-20)33(30,31)32-19-18-29-25-7-5-4-6-24(25)27-26(29)17-12-21-10-13-22(14-11-21)28(2)3/h4-11,13-16H,18-19H2,1-3H3. The van der Waals surface area contributed by atoms with Crippen molar-refractivity contribution in [3.05, 3.63) is 89.7 Å². The molecule has 0 N–H and O–H groups in total. The number of anilines is 1. The lowest BCUT2D eigenvalue weighted by Crippen LogP contribution is -2.13. The van der Waals surface area contributed by atoms with Gasteiger partial charge in [0.15, 0.2) is 5.82 Å². The highest BCUT2D eigenvalue weighted by Gasteiger charge is 2.16. The van der Waals surface area contributed by atoms with Crippen molar-refractivity contribution in [1.29, 1.82) is 0 Å². The van der Waals surface area contributed by atoms with Gasteiger partial charge in [0.2, 0.25) is 0 Å². The maximum atomic E-state index is 12.5. The molecule has 0 atom stereocenters. The second-order valence-electron chi connectivity index (χ2n) is 7.86. The van der Waals surface area contributed by atoms with Crippen LogP contribution in [0.4, 0.5) is 5.69 Å². The van der Waals surface area contributed by atoms with Gasteiger partial charge in [-0.05, 0) is 61.4 Å². The average Bonchev–Trinajstić information content (AvgIpc) is 3.16. The molecule has 0 saturated heterocycles. The minimum absolute atomic E-state index is 0.0250. The topological polar surface area (TPSA) is 64.4 Å². The number of fused-ring (bicyclic) bond motifs is 1. The molecule has 0 radical (unpaired) electrons. The molecular weight excluding hydrogens is 434 g/mol. The van der Waals surface area contributed by atoms with Crippen LogP contribution in [0.15, 0.2) is 77.7 Å². The van der Waals surface area contributed by atoms with Crippen LogP contribution in [-0.2, 0) is 20.8 Å². The van der Waals surface area contributed by atoms with Gasteiger partial charge in [-0.1, -0.05) is 35.7 Å². The van der Waals surface area contributed by atoms with Crippen LogP contribution in [0.3, 0.4) is 0 Å². The van der Waals surface area contributed by atoms with Gasteiger partial charge in [0.1, 0.15) is 0 Å². The first kappa shape index (κ1) is 22.6. The highest BCUT2D eigenvalue weighted by atomic mass is 32.2. The summed E-state index contributed by atoms with van der Waals surface area (Å²) in [7, 11) is 0.144. The minimum Gasteiger partial charge on any atom is -0.378 e. The van der Waals surface area contributed by atoms with Crippen LogP contribution in [-0.4, -0.2) is 38.7 Å². The molecule has 0 saturated carbocycles. The van der Waals surface area contributed by atoms with Crippen molar-refractivity contribution in [2.24, 2.45) is 0 Å². The minimum atomic E-state index is -3.84. The Balaban J connectivity index is 1.56. The van der Waals surface area contributed by atoms with E-state index in [9.17, 15) is 8.42 Å². The van der Waals surface area contributed by atoms with E-state index in [0.29, 0.717) is 12.4 Å². The summed E-state index contributed by atoms with van der Waals surface area (Å²) in [5, 5.41) is 0. The van der Waals surface area contributed by atoms with Gasteiger partial charge in [0, 0.05) is 25.3 Å². The van der Waals surface area contributed by atoms with Gasteiger partial charge in [0.05, 0.1) is 29.1 Å². The van der Waals surface area contributed by atoms with E-state index in [0.717, 1.165) is 27.8 Å². The Morgan fingerprint density at radius 3 is 2.33 bits per heavy atom. The highest BCUT2D eigenvalue weighted by molar-refractivity contribution is 7.86. The molecule has 4 rings (SSSR count). The molecule has 0 aliphatic heterocycles. The summed E-state index contributed by atoms with van der Waals surface area (Å²) in [6, 6.07) is 22.2. The zero-order valence-corrected chi connectivity index (χ0v) is 19.6. The van der Waals surface area contributed by atoms with Crippen molar-refractivity contribution < 1.29 is 12.6 Å². The third-order valence-electron chi connectivity index (χ3n) is 5.22. The number of rotatable bonds is 6. The molecule has 0 unspecified atom stereocenters. The number of nitrogens with zero attached hydrogens (tertiary/aromatic N) is 3. The van der Waals surface area contributed by atoms with E-state index < -0.39 is 10.1 Å². The van der Waals surface area contributed by atoms with E-state index in [4.69, 9.17) is 4.18 Å². The van der Waals surface area contributed by atoms with Gasteiger partial charge in [-0.2, -0.15) is 8.42 Å². The summed E-state index contributed by atoms with van der Waals surface area (Å²) >= 11 is 0. The molecule has 168 valence electrons. The molecule has 1 aromatic heterocycles. The zero-order chi connectivity index (χ0) is 23.4.